The molecule has 4 nitrogen and oxygen atoms in total. The van der Waals surface area contributed by atoms with E-state index in [1.165, 1.54) is 18.6 Å². The van der Waals surface area contributed by atoms with Crippen LogP contribution in [0.3, 0.4) is 0 Å². The third-order valence-corrected chi connectivity index (χ3v) is 6.27. The molecule has 1 aromatic carbocycles. The molecule has 0 saturated heterocycles. The Hall–Kier alpha value is -1.24. The van der Waals surface area contributed by atoms with E-state index in [0.717, 1.165) is 31.7 Å². The summed E-state index contributed by atoms with van der Waals surface area (Å²) < 4.78 is 27.4. The van der Waals surface area contributed by atoms with Crippen LogP contribution in [0.5, 0.6) is 0 Å². The van der Waals surface area contributed by atoms with Crippen molar-refractivity contribution in [3.8, 4) is 0 Å². The van der Waals surface area contributed by atoms with Crippen LogP contribution in [0, 0.1) is 29.4 Å². The van der Waals surface area contributed by atoms with Crippen LogP contribution < -0.4 is 5.73 Å². The van der Waals surface area contributed by atoms with E-state index in [1.54, 1.807) is 4.90 Å². The number of fused-ring (bicyclic) bond motifs is 2. The van der Waals surface area contributed by atoms with E-state index in [-0.39, 0.29) is 36.8 Å². The van der Waals surface area contributed by atoms with Crippen molar-refractivity contribution in [3.63, 3.8) is 0 Å². The van der Waals surface area contributed by atoms with Gasteiger partial charge in [0.2, 0.25) is 5.91 Å². The second kappa shape index (κ2) is 9.99. The maximum absolute atomic E-state index is 14.1. The first-order valence-electron chi connectivity index (χ1n) is 9.98. The van der Waals surface area contributed by atoms with Gasteiger partial charge in [-0.2, -0.15) is 0 Å². The molecule has 28 heavy (non-hydrogen) atoms. The highest BCUT2D eigenvalue weighted by Crippen LogP contribution is 2.42. The Labute approximate surface area is 172 Å². The number of rotatable bonds is 6. The Morgan fingerprint density at radius 2 is 1.79 bits per heavy atom. The molecule has 3 rings (SSSR count). The summed E-state index contributed by atoms with van der Waals surface area (Å²) in [5.41, 5.74) is 6.72. The second-order valence-electron chi connectivity index (χ2n) is 8.50. The molecule has 0 radical (unpaired) electrons. The van der Waals surface area contributed by atoms with Crippen LogP contribution in [0.15, 0.2) is 18.2 Å². The van der Waals surface area contributed by atoms with Gasteiger partial charge < -0.3 is 15.5 Å². The average Bonchev–Trinajstić information content (AvgIpc) is 2.59. The maximum Gasteiger partial charge on any atom is 0.226 e. The van der Waals surface area contributed by atoms with Crippen molar-refractivity contribution in [2.45, 2.75) is 44.7 Å². The fourth-order valence-corrected chi connectivity index (χ4v) is 4.69. The number of hydrogen-bond acceptors (Lipinski definition) is 3. The molecule has 1 aromatic rings. The van der Waals surface area contributed by atoms with Gasteiger partial charge in [-0.1, -0.05) is 12.5 Å². The van der Waals surface area contributed by atoms with E-state index in [4.69, 9.17) is 5.73 Å². The Balaban J connectivity index is 0.00000280. The lowest BCUT2D eigenvalue weighted by Crippen LogP contribution is -2.50. The van der Waals surface area contributed by atoms with Crippen LogP contribution >= 0.6 is 12.4 Å². The molecule has 158 valence electrons. The first kappa shape index (κ1) is 23.0. The Morgan fingerprint density at radius 3 is 2.36 bits per heavy atom. The van der Waals surface area contributed by atoms with Crippen molar-refractivity contribution in [1.82, 2.24) is 9.80 Å². The van der Waals surface area contributed by atoms with Crippen molar-refractivity contribution < 1.29 is 13.6 Å². The normalized spacial score (nSPS) is 26.6. The van der Waals surface area contributed by atoms with E-state index < -0.39 is 11.6 Å². The molecule has 2 bridgehead atoms. The molecule has 1 amide bonds. The van der Waals surface area contributed by atoms with Crippen LogP contribution in [0.4, 0.5) is 8.78 Å². The molecule has 2 unspecified atom stereocenters. The summed E-state index contributed by atoms with van der Waals surface area (Å²) in [6, 6.07) is 3.78. The molecule has 2 aliphatic rings. The molecular formula is C21H32ClF2N3O. The summed E-state index contributed by atoms with van der Waals surface area (Å²) in [6.07, 6.45) is 5.08. The zero-order valence-electron chi connectivity index (χ0n) is 16.7. The molecule has 0 aliphatic heterocycles. The van der Waals surface area contributed by atoms with Crippen molar-refractivity contribution >= 4 is 18.3 Å². The zero-order valence-corrected chi connectivity index (χ0v) is 17.6. The molecular weight excluding hydrogens is 384 g/mol. The number of amides is 1. The largest absolute Gasteiger partial charge is 0.337 e. The number of halogens is 3. The molecule has 0 aromatic heterocycles. The smallest absolute Gasteiger partial charge is 0.226 e. The average molecular weight is 416 g/mol. The first-order valence-corrected chi connectivity index (χ1v) is 9.98. The van der Waals surface area contributed by atoms with Crippen LogP contribution in [0.25, 0.3) is 0 Å². The molecule has 2 aliphatic carbocycles. The lowest BCUT2D eigenvalue weighted by Gasteiger charge is -2.44. The van der Waals surface area contributed by atoms with Crippen LogP contribution in [-0.2, 0) is 11.3 Å². The van der Waals surface area contributed by atoms with Gasteiger partial charge in [-0.25, -0.2) is 8.78 Å². The highest BCUT2D eigenvalue weighted by Gasteiger charge is 2.41. The summed E-state index contributed by atoms with van der Waals surface area (Å²) >= 11 is 0. The van der Waals surface area contributed by atoms with E-state index in [0.29, 0.717) is 30.5 Å². The highest BCUT2D eigenvalue weighted by molar-refractivity contribution is 5.85. The summed E-state index contributed by atoms with van der Waals surface area (Å²) in [5, 5.41) is 0. The number of hydrogen-bond donors (Lipinski definition) is 1. The fourth-order valence-electron chi connectivity index (χ4n) is 4.69. The lowest BCUT2D eigenvalue weighted by molar-refractivity contribution is -0.139. The van der Waals surface area contributed by atoms with E-state index in [1.807, 2.05) is 19.0 Å². The number of nitrogens with zero attached hydrogens (tertiary/aromatic N) is 2. The van der Waals surface area contributed by atoms with E-state index >= 15 is 0 Å². The molecule has 7 heteroatoms. The Morgan fingerprint density at radius 1 is 1.14 bits per heavy atom. The van der Waals surface area contributed by atoms with Gasteiger partial charge in [-0.3, -0.25) is 4.79 Å². The van der Waals surface area contributed by atoms with Gasteiger partial charge >= 0.3 is 0 Å². The molecule has 2 saturated carbocycles. The third-order valence-electron chi connectivity index (χ3n) is 6.27. The van der Waals surface area contributed by atoms with Crippen molar-refractivity contribution in [2.75, 3.05) is 27.2 Å². The molecule has 2 N–H and O–H groups in total. The van der Waals surface area contributed by atoms with Gasteiger partial charge in [0.25, 0.3) is 0 Å². The minimum absolute atomic E-state index is 0. The number of benzene rings is 1. The van der Waals surface area contributed by atoms with Crippen molar-refractivity contribution in [3.05, 3.63) is 35.4 Å². The van der Waals surface area contributed by atoms with Crippen LogP contribution in [0.1, 0.15) is 37.7 Å². The van der Waals surface area contributed by atoms with Gasteiger partial charge in [0, 0.05) is 43.2 Å². The topological polar surface area (TPSA) is 49.6 Å². The summed E-state index contributed by atoms with van der Waals surface area (Å²) in [7, 11) is 3.90. The zero-order chi connectivity index (χ0) is 19.6. The SMILES string of the molecule is CN(C)CCN(Cc1ccc(F)cc1F)C(=O)C1CC2CCCC(C1)C2N.Cl. The number of carbonyl (C=O) groups is 1. The van der Waals surface area contributed by atoms with Gasteiger partial charge in [0.05, 0.1) is 0 Å². The number of nitrogens with two attached hydrogens (primary N) is 1. The van der Waals surface area contributed by atoms with Crippen molar-refractivity contribution in [2.24, 2.45) is 23.5 Å². The predicted molar refractivity (Wildman–Crippen MR) is 109 cm³/mol. The maximum atomic E-state index is 14.1. The minimum Gasteiger partial charge on any atom is -0.337 e. The predicted octanol–water partition coefficient (Wildman–Crippen LogP) is 3.43. The monoisotopic (exact) mass is 415 g/mol. The first-order chi connectivity index (χ1) is 12.8. The summed E-state index contributed by atoms with van der Waals surface area (Å²) in [4.78, 5) is 17.1. The molecule has 0 spiro atoms. The second-order valence-corrected chi connectivity index (χ2v) is 8.50. The van der Waals surface area contributed by atoms with Gasteiger partial charge in [0.1, 0.15) is 11.6 Å². The highest BCUT2D eigenvalue weighted by atomic mass is 35.5. The minimum atomic E-state index is -0.600. The molecule has 2 fully saturated rings. The molecule has 0 heterocycles. The van der Waals surface area contributed by atoms with Crippen LogP contribution in [-0.4, -0.2) is 48.9 Å². The van der Waals surface area contributed by atoms with Gasteiger partial charge in [-0.15, -0.1) is 12.4 Å². The standard InChI is InChI=1S/C21H31F2N3O.ClH/c1-25(2)8-9-26(13-16-6-7-18(22)12-19(16)23)21(27)17-10-14-4-3-5-15(11-17)20(14)24;/h6-7,12,14-15,17,20H,3-5,8-11,13,24H2,1-2H3;1H. The third kappa shape index (κ3) is 5.43. The summed E-state index contributed by atoms with van der Waals surface area (Å²) in [6.45, 7) is 1.41. The molecule has 2 atom stereocenters. The fraction of sp³-hybridized carbons (Fsp3) is 0.667. The quantitative estimate of drug-likeness (QED) is 0.774. The lowest BCUT2D eigenvalue weighted by atomic mass is 9.65. The Kier molecular flexibility index (Phi) is 8.22. The van der Waals surface area contributed by atoms with Crippen molar-refractivity contribution in [1.29, 1.82) is 0 Å². The summed E-state index contributed by atoms with van der Waals surface area (Å²) in [5.74, 6) is -0.304. The van der Waals surface area contributed by atoms with Gasteiger partial charge in [0.15, 0.2) is 0 Å². The number of likely N-dealkylation sites (N-methyl/N-ethyl adjacent to an activating group) is 1. The van der Waals surface area contributed by atoms with E-state index in [9.17, 15) is 13.6 Å². The number of carbonyl (C=O) groups excluding carboxylic acids is 1. The van der Waals surface area contributed by atoms with Gasteiger partial charge in [-0.05, 0) is 57.7 Å². The Bertz CT molecular complexity index is 659. The van der Waals surface area contributed by atoms with Crippen LogP contribution in [0.2, 0.25) is 0 Å². The van der Waals surface area contributed by atoms with E-state index in [2.05, 4.69) is 0 Å².